The van der Waals surface area contributed by atoms with E-state index in [1.54, 1.807) is 0 Å². The van der Waals surface area contributed by atoms with Crippen LogP contribution in [0, 0.1) is 6.92 Å². The second-order valence-corrected chi connectivity index (χ2v) is 10.4. The average Bonchev–Trinajstić information content (AvgIpc) is 3.75. The van der Waals surface area contributed by atoms with Crippen molar-refractivity contribution in [3.05, 3.63) is 108 Å². The molecule has 0 bridgehead atoms. The topological polar surface area (TPSA) is 90.7 Å². The summed E-state index contributed by atoms with van der Waals surface area (Å²) in [5.74, 6) is 0.325. The molecule has 0 aliphatic heterocycles. The number of hydrogen-bond donors (Lipinski definition) is 1. The number of aryl methyl sites for hydroxylation is 1. The summed E-state index contributed by atoms with van der Waals surface area (Å²) in [4.78, 5) is 29.7. The fraction of sp³-hybridized carbons (Fsp3) is 0.206. The predicted molar refractivity (Wildman–Crippen MR) is 158 cm³/mol. The Hall–Kier alpha value is -4.91. The number of benzene rings is 3. The molecule has 7 heteroatoms. The number of carbonyl (C=O) groups excluding carboxylic acids is 2. The second kappa shape index (κ2) is 10.6. The fourth-order valence-electron chi connectivity index (χ4n) is 5.21. The largest absolute Gasteiger partial charge is 0.468 e. The summed E-state index contributed by atoms with van der Waals surface area (Å²) < 4.78 is 16.9. The van der Waals surface area contributed by atoms with E-state index in [0.29, 0.717) is 22.5 Å². The molecule has 1 unspecified atom stereocenters. The summed E-state index contributed by atoms with van der Waals surface area (Å²) in [7, 11) is 1.44. The number of fused-ring (bicyclic) bond motifs is 1. The highest BCUT2D eigenvalue weighted by Gasteiger charge is 2.52. The van der Waals surface area contributed by atoms with Gasteiger partial charge in [-0.3, -0.25) is 10.1 Å². The molecule has 5 aromatic rings. The summed E-state index contributed by atoms with van der Waals surface area (Å²) in [5.41, 5.74) is 5.97. The van der Waals surface area contributed by atoms with Crippen molar-refractivity contribution < 1.29 is 23.5 Å². The zero-order valence-electron chi connectivity index (χ0n) is 23.1. The number of esters is 1. The van der Waals surface area contributed by atoms with E-state index in [0.717, 1.165) is 46.4 Å². The van der Waals surface area contributed by atoms with E-state index in [1.807, 2.05) is 105 Å². The van der Waals surface area contributed by atoms with Gasteiger partial charge in [0.05, 0.1) is 17.9 Å². The number of methoxy groups -OCH3 is 1. The third-order valence-electron chi connectivity index (χ3n) is 7.72. The van der Waals surface area contributed by atoms with Gasteiger partial charge in [0, 0.05) is 11.3 Å². The predicted octanol–water partition coefficient (Wildman–Crippen LogP) is 7.98. The lowest BCUT2D eigenvalue weighted by Gasteiger charge is -2.14. The number of hydrogen-bond acceptors (Lipinski definition) is 6. The maximum absolute atomic E-state index is 13.0. The molecule has 2 aromatic heterocycles. The van der Waals surface area contributed by atoms with E-state index in [9.17, 15) is 9.59 Å². The molecular weight excluding hydrogens is 516 g/mol. The number of aromatic nitrogens is 1. The van der Waals surface area contributed by atoms with Crippen molar-refractivity contribution in [1.82, 2.24) is 4.98 Å². The van der Waals surface area contributed by atoms with Crippen LogP contribution in [0.1, 0.15) is 42.7 Å². The van der Waals surface area contributed by atoms with Crippen molar-refractivity contribution in [2.75, 3.05) is 12.4 Å². The van der Waals surface area contributed by atoms with E-state index < -0.39 is 17.6 Å². The molecular formula is C34H30N2O5. The molecule has 2 heterocycles. The van der Waals surface area contributed by atoms with Crippen LogP contribution in [0.25, 0.3) is 33.6 Å². The highest BCUT2D eigenvalue weighted by molar-refractivity contribution is 6.04. The number of nitrogens with zero attached hydrogens (tertiary/aromatic N) is 1. The van der Waals surface area contributed by atoms with Crippen LogP contribution in [-0.2, 0) is 19.7 Å². The van der Waals surface area contributed by atoms with Gasteiger partial charge in [-0.05, 0) is 61.1 Å². The molecule has 6 rings (SSSR count). The first kappa shape index (κ1) is 26.3. The number of rotatable bonds is 7. The molecule has 0 radical (unpaired) electrons. The minimum Gasteiger partial charge on any atom is -0.468 e. The molecule has 1 aliphatic rings. The van der Waals surface area contributed by atoms with Gasteiger partial charge in [0.25, 0.3) is 0 Å². The van der Waals surface area contributed by atoms with Crippen LogP contribution in [0.15, 0.2) is 95.4 Å². The van der Waals surface area contributed by atoms with Crippen molar-refractivity contribution in [2.24, 2.45) is 0 Å². The molecule has 1 atom stereocenters. The number of anilines is 1. The first-order chi connectivity index (χ1) is 19.9. The molecule has 0 saturated heterocycles. The van der Waals surface area contributed by atoms with Crippen LogP contribution < -0.4 is 5.32 Å². The standard InChI is InChI=1S/C34H30N2O5/c1-21-9-18-28-29(36-33(38)40-22(2)23-7-5-4-6-8-23)30(41-31(28)35-21)26-12-10-24(11-13-26)25-14-16-27(17-15-25)34(19-20-34)32(37)39-3/h4-18,22H,19-20H2,1-3H3,(H,36,38). The summed E-state index contributed by atoms with van der Waals surface area (Å²) >= 11 is 0. The summed E-state index contributed by atoms with van der Waals surface area (Å²) in [5, 5.41) is 3.59. The molecule has 7 nitrogen and oxygen atoms in total. The van der Waals surface area contributed by atoms with Gasteiger partial charge in [-0.1, -0.05) is 78.9 Å². The summed E-state index contributed by atoms with van der Waals surface area (Å²) in [6.07, 6.45) is 0.623. The monoisotopic (exact) mass is 546 g/mol. The third-order valence-corrected chi connectivity index (χ3v) is 7.72. The van der Waals surface area contributed by atoms with Crippen molar-refractivity contribution in [2.45, 2.75) is 38.2 Å². The molecule has 1 saturated carbocycles. The van der Waals surface area contributed by atoms with Crippen LogP contribution >= 0.6 is 0 Å². The number of carbonyl (C=O) groups is 2. The Kier molecular flexibility index (Phi) is 6.79. The van der Waals surface area contributed by atoms with Crippen molar-refractivity contribution >= 4 is 28.8 Å². The van der Waals surface area contributed by atoms with Crippen LogP contribution in [0.2, 0.25) is 0 Å². The Labute approximate surface area is 238 Å². The number of furan rings is 1. The Balaban J connectivity index is 1.26. The van der Waals surface area contributed by atoms with Crippen molar-refractivity contribution in [1.29, 1.82) is 0 Å². The van der Waals surface area contributed by atoms with Gasteiger partial charge in [0.1, 0.15) is 11.8 Å². The van der Waals surface area contributed by atoms with Gasteiger partial charge in [-0.2, -0.15) is 0 Å². The lowest BCUT2D eigenvalue weighted by molar-refractivity contribution is -0.143. The molecule has 1 N–H and O–H groups in total. The van der Waals surface area contributed by atoms with E-state index in [4.69, 9.17) is 13.9 Å². The Bertz CT molecular complexity index is 1720. The zero-order valence-corrected chi connectivity index (χ0v) is 23.1. The molecule has 1 aliphatic carbocycles. The smallest absolute Gasteiger partial charge is 0.412 e. The third kappa shape index (κ3) is 5.07. The molecule has 0 spiro atoms. The average molecular weight is 547 g/mol. The number of pyridine rings is 1. The minimum atomic E-state index is -0.581. The lowest BCUT2D eigenvalue weighted by atomic mass is 9.93. The maximum Gasteiger partial charge on any atom is 0.412 e. The molecule has 41 heavy (non-hydrogen) atoms. The van der Waals surface area contributed by atoms with Crippen molar-refractivity contribution in [3.8, 4) is 22.5 Å². The van der Waals surface area contributed by atoms with Crippen LogP contribution in [0.5, 0.6) is 0 Å². The summed E-state index contributed by atoms with van der Waals surface area (Å²) in [6, 6.07) is 29.3. The fourth-order valence-corrected chi connectivity index (χ4v) is 5.21. The molecule has 1 fully saturated rings. The second-order valence-electron chi connectivity index (χ2n) is 10.4. The molecule has 206 valence electrons. The van der Waals surface area contributed by atoms with Crippen LogP contribution in [0.4, 0.5) is 10.5 Å². The SMILES string of the molecule is COC(=O)C1(c2ccc(-c3ccc(-c4oc5nc(C)ccc5c4NC(=O)OC(C)c4ccccc4)cc3)cc2)CC1. The first-order valence-electron chi connectivity index (χ1n) is 13.6. The highest BCUT2D eigenvalue weighted by atomic mass is 16.6. The van der Waals surface area contributed by atoms with E-state index in [-0.39, 0.29) is 5.97 Å². The number of nitrogens with one attached hydrogen (secondary N) is 1. The maximum atomic E-state index is 13.0. The van der Waals surface area contributed by atoms with Crippen LogP contribution in [-0.4, -0.2) is 24.2 Å². The molecule has 1 amide bonds. The lowest BCUT2D eigenvalue weighted by Crippen LogP contribution is -2.21. The Morgan fingerprint density at radius 3 is 2.15 bits per heavy atom. The van der Waals surface area contributed by atoms with Gasteiger partial charge in [-0.25, -0.2) is 9.78 Å². The van der Waals surface area contributed by atoms with Gasteiger partial charge in [-0.15, -0.1) is 0 Å². The van der Waals surface area contributed by atoms with Gasteiger partial charge in [0.2, 0.25) is 5.71 Å². The highest BCUT2D eigenvalue weighted by Crippen LogP contribution is 2.49. The Morgan fingerprint density at radius 1 is 0.878 bits per heavy atom. The zero-order chi connectivity index (χ0) is 28.6. The van der Waals surface area contributed by atoms with Gasteiger partial charge >= 0.3 is 12.1 Å². The van der Waals surface area contributed by atoms with Crippen LogP contribution in [0.3, 0.4) is 0 Å². The van der Waals surface area contributed by atoms with E-state index in [2.05, 4.69) is 10.3 Å². The summed E-state index contributed by atoms with van der Waals surface area (Å²) in [6.45, 7) is 3.72. The van der Waals surface area contributed by atoms with Gasteiger partial charge < -0.3 is 13.9 Å². The minimum absolute atomic E-state index is 0.173. The first-order valence-corrected chi connectivity index (χ1v) is 13.6. The van der Waals surface area contributed by atoms with Gasteiger partial charge in [0.15, 0.2) is 5.76 Å². The number of ether oxygens (including phenoxy) is 2. The van der Waals surface area contributed by atoms with Crippen molar-refractivity contribution in [3.63, 3.8) is 0 Å². The molecule has 3 aromatic carbocycles. The normalized spacial score (nSPS) is 14.3. The number of amides is 1. The van der Waals surface area contributed by atoms with E-state index in [1.165, 1.54) is 7.11 Å². The Morgan fingerprint density at radius 2 is 1.51 bits per heavy atom. The van der Waals surface area contributed by atoms with E-state index >= 15 is 0 Å². The quantitative estimate of drug-likeness (QED) is 0.208.